The number of aromatic nitrogens is 1. The zero-order chi connectivity index (χ0) is 30.2. The average Bonchev–Trinajstić information content (AvgIpc) is 2.96. The van der Waals surface area contributed by atoms with E-state index in [-0.39, 0.29) is 11.0 Å². The minimum absolute atomic E-state index is 0.111. The van der Waals surface area contributed by atoms with Crippen molar-refractivity contribution in [2.45, 2.75) is 30.2 Å². The van der Waals surface area contributed by atoms with Crippen LogP contribution in [0.25, 0.3) is 0 Å². The molecule has 0 radical (unpaired) electrons. The van der Waals surface area contributed by atoms with Crippen LogP contribution in [0.1, 0.15) is 12.8 Å². The Balaban J connectivity index is 0.000000145. The highest BCUT2D eigenvalue weighted by Crippen LogP contribution is 2.41. The minimum atomic E-state index is -4.80. The summed E-state index contributed by atoms with van der Waals surface area (Å²) >= 11 is 0. The van der Waals surface area contributed by atoms with Gasteiger partial charge in [-0.3, -0.25) is 0 Å². The fourth-order valence-corrected chi connectivity index (χ4v) is 4.56. The molecular weight excluding hydrogens is 573 g/mol. The number of halogens is 3. The molecule has 42 heavy (non-hydrogen) atoms. The van der Waals surface area contributed by atoms with Gasteiger partial charge in [0.2, 0.25) is 10.0 Å². The summed E-state index contributed by atoms with van der Waals surface area (Å²) in [6.45, 7) is 1.83. The molecule has 0 saturated carbocycles. The van der Waals surface area contributed by atoms with Crippen LogP contribution >= 0.6 is 0 Å². The van der Waals surface area contributed by atoms with Crippen LogP contribution in [0.2, 0.25) is 0 Å². The van der Waals surface area contributed by atoms with Crippen LogP contribution in [0.15, 0.2) is 102 Å². The predicted octanol–water partition coefficient (Wildman–Crippen LogP) is 5.81. The number of rotatable bonds is 3. The van der Waals surface area contributed by atoms with E-state index in [1.165, 1.54) is 0 Å². The summed E-state index contributed by atoms with van der Waals surface area (Å²) < 4.78 is 65.9. The summed E-state index contributed by atoms with van der Waals surface area (Å²) in [6.07, 6.45) is -1.39. The number of pyridine rings is 1. The number of nitrogens with zero attached hydrogens (tertiary/aromatic N) is 2. The van der Waals surface area contributed by atoms with Gasteiger partial charge in [-0.25, -0.2) is 18.5 Å². The van der Waals surface area contributed by atoms with Crippen molar-refractivity contribution < 1.29 is 36.2 Å². The largest absolute Gasteiger partial charge is 0.573 e. The van der Waals surface area contributed by atoms with Crippen molar-refractivity contribution in [1.29, 1.82) is 0 Å². The molecule has 0 amide bonds. The third kappa shape index (κ3) is 9.09. The van der Waals surface area contributed by atoms with Gasteiger partial charge in [-0.05, 0) is 73.5 Å². The molecule has 6 rings (SSSR count). The second kappa shape index (κ2) is 13.6. The number of sulfonamides is 1. The Hall–Kier alpha value is -4.33. The number of ether oxygens (including phenoxy) is 2. The molecule has 3 heterocycles. The van der Waals surface area contributed by atoms with Crippen LogP contribution in [0.5, 0.6) is 17.2 Å². The molecule has 13 heteroatoms. The van der Waals surface area contributed by atoms with E-state index >= 15 is 0 Å². The summed E-state index contributed by atoms with van der Waals surface area (Å²) in [6, 6.07) is 25.4. The summed E-state index contributed by atoms with van der Waals surface area (Å²) in [5, 5.41) is 17.4. The number of para-hydroxylation sites is 4. The summed E-state index contributed by atoms with van der Waals surface area (Å²) in [5.74, 6) is 2.28. The molecular formula is C29H29F3N4O5S. The first-order valence-electron chi connectivity index (χ1n) is 12.8. The lowest BCUT2D eigenvalue weighted by Crippen LogP contribution is -2.36. The molecule has 1 aromatic heterocycles. The van der Waals surface area contributed by atoms with E-state index < -0.39 is 22.1 Å². The molecule has 9 nitrogen and oxygen atoms in total. The van der Waals surface area contributed by atoms with Crippen LogP contribution in [0.3, 0.4) is 0 Å². The molecule has 0 spiro atoms. The minimum Gasteiger partial charge on any atom is -0.453 e. The molecule has 1 fully saturated rings. The lowest BCUT2D eigenvalue weighted by Gasteiger charge is -2.30. The number of fused-ring (bicyclic) bond motifs is 2. The van der Waals surface area contributed by atoms with Gasteiger partial charge in [-0.15, -0.1) is 13.2 Å². The number of anilines is 3. The van der Waals surface area contributed by atoms with Crippen molar-refractivity contribution >= 4 is 27.2 Å². The Morgan fingerprint density at radius 2 is 1.43 bits per heavy atom. The third-order valence-electron chi connectivity index (χ3n) is 6.09. The Morgan fingerprint density at radius 3 is 1.93 bits per heavy atom. The zero-order valence-corrected chi connectivity index (χ0v) is 23.1. The SMILES string of the molecule is NS(=O)(=O)c1ccc(OC(F)(F)F)cc1.OC1CCN(c2ccccn2)CC1.c1ccc2c(c1)Nc1ccccc1O2. The number of piperidine rings is 1. The Labute approximate surface area is 241 Å². The number of hydrogen-bond acceptors (Lipinski definition) is 8. The van der Waals surface area contributed by atoms with E-state index in [0.717, 1.165) is 78.9 Å². The first kappa shape index (κ1) is 30.6. The number of nitrogens with two attached hydrogens (primary N) is 1. The molecule has 0 bridgehead atoms. The molecule has 0 aliphatic carbocycles. The maximum atomic E-state index is 11.7. The highest BCUT2D eigenvalue weighted by atomic mass is 32.2. The molecule has 4 N–H and O–H groups in total. The third-order valence-corrected chi connectivity index (χ3v) is 7.02. The zero-order valence-electron chi connectivity index (χ0n) is 22.2. The van der Waals surface area contributed by atoms with Crippen LogP contribution < -0.4 is 24.8 Å². The van der Waals surface area contributed by atoms with Crippen LogP contribution in [0, 0.1) is 0 Å². The summed E-state index contributed by atoms with van der Waals surface area (Å²) in [7, 11) is -3.90. The lowest BCUT2D eigenvalue weighted by atomic mass is 10.1. The van der Waals surface area contributed by atoms with Crippen LogP contribution in [0.4, 0.5) is 30.4 Å². The Kier molecular flexibility index (Phi) is 9.88. The smallest absolute Gasteiger partial charge is 0.453 e. The normalized spacial score (nSPS) is 14.4. The second-order valence-corrected chi connectivity index (χ2v) is 10.8. The predicted molar refractivity (Wildman–Crippen MR) is 152 cm³/mol. The molecule has 2 aliphatic rings. The van der Waals surface area contributed by atoms with E-state index in [1.54, 1.807) is 6.20 Å². The monoisotopic (exact) mass is 602 g/mol. The fourth-order valence-electron chi connectivity index (χ4n) is 4.05. The van der Waals surface area contributed by atoms with Crippen molar-refractivity contribution in [2.24, 2.45) is 5.14 Å². The maximum absolute atomic E-state index is 11.7. The van der Waals surface area contributed by atoms with Gasteiger partial charge >= 0.3 is 6.36 Å². The lowest BCUT2D eigenvalue weighted by molar-refractivity contribution is -0.274. The van der Waals surface area contributed by atoms with E-state index in [1.807, 2.05) is 66.7 Å². The number of aliphatic hydroxyl groups is 1. The summed E-state index contributed by atoms with van der Waals surface area (Å²) in [4.78, 5) is 6.21. The molecule has 0 atom stereocenters. The first-order chi connectivity index (χ1) is 20.0. The van der Waals surface area contributed by atoms with Gasteiger partial charge in [0, 0.05) is 19.3 Å². The number of alkyl halides is 3. The van der Waals surface area contributed by atoms with Crippen molar-refractivity contribution in [3.63, 3.8) is 0 Å². The van der Waals surface area contributed by atoms with Crippen molar-refractivity contribution in [3.8, 4) is 17.2 Å². The first-order valence-corrected chi connectivity index (χ1v) is 14.4. The van der Waals surface area contributed by atoms with Crippen molar-refractivity contribution in [2.75, 3.05) is 23.3 Å². The van der Waals surface area contributed by atoms with Crippen molar-refractivity contribution in [3.05, 3.63) is 97.2 Å². The van der Waals surface area contributed by atoms with Crippen LogP contribution in [-0.2, 0) is 10.0 Å². The van der Waals surface area contributed by atoms with Gasteiger partial charge in [-0.2, -0.15) is 0 Å². The fraction of sp³-hybridized carbons (Fsp3) is 0.207. The van der Waals surface area contributed by atoms with Crippen LogP contribution in [-0.4, -0.2) is 44.1 Å². The Bertz CT molecular complexity index is 1460. The van der Waals surface area contributed by atoms with Crippen molar-refractivity contribution in [1.82, 2.24) is 4.98 Å². The maximum Gasteiger partial charge on any atom is 0.573 e. The molecule has 1 saturated heterocycles. The van der Waals surface area contributed by atoms with E-state index in [0.29, 0.717) is 0 Å². The number of hydrogen-bond donors (Lipinski definition) is 3. The van der Waals surface area contributed by atoms with E-state index in [4.69, 9.17) is 9.88 Å². The van der Waals surface area contributed by atoms with E-state index in [2.05, 4.69) is 19.9 Å². The number of nitrogens with one attached hydrogen (secondary N) is 1. The standard InChI is InChI=1S/C12H9NO.C10H14N2O.C7H6F3NO3S/c1-3-7-11-9(5-1)13-10-6-2-4-8-12(10)14-11;13-9-4-7-12(8-5-9)10-3-1-2-6-11-10;8-7(9,10)14-5-1-3-6(4-2-5)15(11,12)13/h1-8,13H;1-3,6,9,13H,4-5,7-8H2;1-4H,(H2,11,12,13). The highest BCUT2D eigenvalue weighted by Gasteiger charge is 2.31. The number of primary sulfonamides is 1. The topological polar surface area (TPSA) is 127 Å². The molecule has 2 aliphatic heterocycles. The molecule has 222 valence electrons. The van der Waals surface area contributed by atoms with Gasteiger partial charge in [0.25, 0.3) is 0 Å². The van der Waals surface area contributed by atoms with Gasteiger partial charge in [0.1, 0.15) is 11.6 Å². The quantitative estimate of drug-likeness (QED) is 0.236. The van der Waals surface area contributed by atoms with Gasteiger partial charge in [0.05, 0.1) is 22.4 Å². The van der Waals surface area contributed by atoms with Gasteiger partial charge in [0.15, 0.2) is 11.5 Å². The molecule has 4 aromatic rings. The average molecular weight is 603 g/mol. The number of aliphatic hydroxyl groups excluding tert-OH is 1. The van der Waals surface area contributed by atoms with Gasteiger partial charge in [-0.1, -0.05) is 30.3 Å². The highest BCUT2D eigenvalue weighted by molar-refractivity contribution is 7.89. The van der Waals surface area contributed by atoms with E-state index in [9.17, 15) is 26.7 Å². The summed E-state index contributed by atoms with van der Waals surface area (Å²) in [5.41, 5.74) is 2.04. The molecule has 0 unspecified atom stereocenters. The Morgan fingerprint density at radius 1 is 0.881 bits per heavy atom. The second-order valence-electron chi connectivity index (χ2n) is 9.19. The number of benzene rings is 3. The van der Waals surface area contributed by atoms with Gasteiger partial charge < -0.3 is 24.8 Å². The molecule has 3 aromatic carbocycles.